The van der Waals surface area contributed by atoms with Crippen LogP contribution in [-0.2, 0) is 28.6 Å². The Morgan fingerprint density at radius 1 is 0.253 bits per heavy atom. The van der Waals surface area contributed by atoms with Gasteiger partial charge in [0.15, 0.2) is 6.10 Å². The number of carbonyl (C=O) groups excluding carboxylic acids is 3. The first-order valence-electron chi connectivity index (χ1n) is 34.2. The summed E-state index contributed by atoms with van der Waals surface area (Å²) in [6.45, 7) is 6.65. The summed E-state index contributed by atoms with van der Waals surface area (Å²) < 4.78 is 16.9. The molecule has 0 N–H and O–H groups in total. The Labute approximate surface area is 469 Å². The maximum absolute atomic E-state index is 12.9. The van der Waals surface area contributed by atoms with Crippen LogP contribution in [0.1, 0.15) is 393 Å². The van der Waals surface area contributed by atoms with Gasteiger partial charge in [0.25, 0.3) is 0 Å². The maximum Gasteiger partial charge on any atom is 0.306 e. The quantitative estimate of drug-likeness (QED) is 0.0261. The zero-order chi connectivity index (χ0) is 54.3. The van der Waals surface area contributed by atoms with Crippen molar-refractivity contribution in [2.24, 2.45) is 0 Å². The molecule has 6 heteroatoms. The second-order valence-corrected chi connectivity index (χ2v) is 23.5. The Morgan fingerprint density at radius 2 is 0.467 bits per heavy atom. The van der Waals surface area contributed by atoms with Crippen molar-refractivity contribution in [2.75, 3.05) is 13.2 Å². The van der Waals surface area contributed by atoms with Gasteiger partial charge in [-0.1, -0.05) is 348 Å². The van der Waals surface area contributed by atoms with Gasteiger partial charge < -0.3 is 14.2 Å². The molecule has 0 aliphatic heterocycles. The van der Waals surface area contributed by atoms with Crippen LogP contribution in [0.2, 0.25) is 0 Å². The molecule has 0 saturated heterocycles. The first-order chi connectivity index (χ1) is 37.0. The third-order valence-corrected chi connectivity index (χ3v) is 15.8. The highest BCUT2D eigenvalue weighted by Gasteiger charge is 2.19. The number of hydrogen-bond acceptors (Lipinski definition) is 6. The van der Waals surface area contributed by atoms with E-state index >= 15 is 0 Å². The highest BCUT2D eigenvalue weighted by molar-refractivity contribution is 5.71. The van der Waals surface area contributed by atoms with Crippen molar-refractivity contribution >= 4 is 17.9 Å². The van der Waals surface area contributed by atoms with Gasteiger partial charge >= 0.3 is 17.9 Å². The number of esters is 3. The zero-order valence-electron chi connectivity index (χ0n) is 51.1. The molecular weight excluding hydrogens is 925 g/mol. The van der Waals surface area contributed by atoms with Crippen molar-refractivity contribution in [3.63, 3.8) is 0 Å². The largest absolute Gasteiger partial charge is 0.462 e. The second kappa shape index (κ2) is 64.7. The molecule has 0 heterocycles. The lowest BCUT2D eigenvalue weighted by atomic mass is 10.0. The number of unbranched alkanes of at least 4 members (excludes halogenated alkanes) is 51. The van der Waals surface area contributed by atoms with Crippen LogP contribution in [-0.4, -0.2) is 37.2 Å². The molecule has 0 aliphatic rings. The molecule has 1 atom stereocenters. The number of ether oxygens (including phenoxy) is 3. The van der Waals surface area contributed by atoms with E-state index in [0.29, 0.717) is 19.3 Å². The van der Waals surface area contributed by atoms with Crippen molar-refractivity contribution in [2.45, 2.75) is 399 Å². The predicted octanol–water partition coefficient (Wildman–Crippen LogP) is 23.2. The molecule has 0 aromatic rings. The summed E-state index contributed by atoms with van der Waals surface area (Å²) in [5.74, 6) is -0.847. The molecule has 0 rings (SSSR count). The van der Waals surface area contributed by atoms with Crippen LogP contribution in [0.4, 0.5) is 0 Å². The van der Waals surface area contributed by atoms with Gasteiger partial charge in [-0.2, -0.15) is 0 Å². The number of hydrogen-bond donors (Lipinski definition) is 0. The minimum Gasteiger partial charge on any atom is -0.462 e. The fourth-order valence-electron chi connectivity index (χ4n) is 10.6. The summed E-state index contributed by atoms with van der Waals surface area (Å²) in [5, 5.41) is 0. The number of carbonyl (C=O) groups is 3. The summed E-state index contributed by atoms with van der Waals surface area (Å²) in [6.07, 6.45) is 76.9. The molecule has 0 bridgehead atoms. The van der Waals surface area contributed by atoms with E-state index in [1.807, 2.05) is 0 Å². The summed E-state index contributed by atoms with van der Waals surface area (Å²) in [4.78, 5) is 38.2. The van der Waals surface area contributed by atoms with Gasteiger partial charge in [-0.15, -0.1) is 0 Å². The van der Waals surface area contributed by atoms with Crippen molar-refractivity contribution in [3.05, 3.63) is 12.2 Å². The lowest BCUT2D eigenvalue weighted by Gasteiger charge is -2.18. The Hall–Kier alpha value is -1.85. The zero-order valence-corrected chi connectivity index (χ0v) is 51.1. The fraction of sp³-hybridized carbons (Fsp3) is 0.928. The minimum absolute atomic E-state index is 0.0662. The van der Waals surface area contributed by atoms with E-state index in [4.69, 9.17) is 14.2 Å². The molecule has 6 nitrogen and oxygen atoms in total. The third kappa shape index (κ3) is 62.9. The van der Waals surface area contributed by atoms with E-state index in [1.165, 1.54) is 283 Å². The number of allylic oxidation sites excluding steroid dienone is 2. The molecule has 0 spiro atoms. The highest BCUT2D eigenvalue weighted by atomic mass is 16.6. The van der Waals surface area contributed by atoms with Crippen LogP contribution in [0.5, 0.6) is 0 Å². The highest BCUT2D eigenvalue weighted by Crippen LogP contribution is 2.19. The van der Waals surface area contributed by atoms with Crippen molar-refractivity contribution in [1.82, 2.24) is 0 Å². The molecule has 0 aromatic carbocycles. The molecule has 75 heavy (non-hydrogen) atoms. The standard InChI is InChI=1S/C69H132O6/c1-4-7-10-13-16-19-22-24-26-28-30-31-32-33-34-35-36-37-38-40-41-43-45-47-50-53-56-59-62-68(71)74-65-66(64-73-67(70)61-58-55-52-49-21-18-15-12-9-6-3)75-69(72)63-60-57-54-51-48-46-44-42-39-29-27-25-23-20-17-14-11-8-5-2/h12,15,66H,4-11,13-14,16-65H2,1-3H3/b15-12-. The number of rotatable bonds is 64. The Kier molecular flexibility index (Phi) is 63.1. The fourth-order valence-corrected chi connectivity index (χ4v) is 10.6. The van der Waals surface area contributed by atoms with Crippen molar-refractivity contribution < 1.29 is 28.6 Å². The molecule has 0 amide bonds. The lowest BCUT2D eigenvalue weighted by molar-refractivity contribution is -0.167. The minimum atomic E-state index is -0.768. The summed E-state index contributed by atoms with van der Waals surface area (Å²) >= 11 is 0. The van der Waals surface area contributed by atoms with Gasteiger partial charge in [0.2, 0.25) is 0 Å². The van der Waals surface area contributed by atoms with Crippen LogP contribution < -0.4 is 0 Å². The second-order valence-electron chi connectivity index (χ2n) is 23.5. The topological polar surface area (TPSA) is 78.9 Å². The molecular formula is C69H132O6. The Morgan fingerprint density at radius 3 is 0.720 bits per heavy atom. The van der Waals surface area contributed by atoms with Crippen LogP contribution in [0.3, 0.4) is 0 Å². The van der Waals surface area contributed by atoms with Gasteiger partial charge in [-0.3, -0.25) is 14.4 Å². The first kappa shape index (κ1) is 73.2. The first-order valence-corrected chi connectivity index (χ1v) is 34.2. The van der Waals surface area contributed by atoms with E-state index in [0.717, 1.165) is 70.6 Å². The van der Waals surface area contributed by atoms with E-state index in [9.17, 15) is 14.4 Å². The van der Waals surface area contributed by atoms with E-state index in [2.05, 4.69) is 32.9 Å². The van der Waals surface area contributed by atoms with E-state index in [-0.39, 0.29) is 31.1 Å². The third-order valence-electron chi connectivity index (χ3n) is 15.8. The van der Waals surface area contributed by atoms with Gasteiger partial charge in [0, 0.05) is 19.3 Å². The van der Waals surface area contributed by atoms with Gasteiger partial charge in [0.1, 0.15) is 13.2 Å². The van der Waals surface area contributed by atoms with Gasteiger partial charge in [-0.05, 0) is 38.5 Å². The Balaban J connectivity index is 4.09. The summed E-state index contributed by atoms with van der Waals surface area (Å²) in [6, 6.07) is 0. The molecule has 444 valence electrons. The predicted molar refractivity (Wildman–Crippen MR) is 326 cm³/mol. The van der Waals surface area contributed by atoms with Crippen LogP contribution in [0.25, 0.3) is 0 Å². The lowest BCUT2D eigenvalue weighted by Crippen LogP contribution is -2.30. The average molecular weight is 1060 g/mol. The van der Waals surface area contributed by atoms with Crippen LogP contribution >= 0.6 is 0 Å². The molecule has 0 radical (unpaired) electrons. The summed E-state index contributed by atoms with van der Waals surface area (Å²) in [7, 11) is 0. The normalized spacial score (nSPS) is 12.0. The van der Waals surface area contributed by atoms with Crippen molar-refractivity contribution in [1.29, 1.82) is 0 Å². The average Bonchev–Trinajstić information content (AvgIpc) is 3.41. The van der Waals surface area contributed by atoms with E-state index in [1.54, 1.807) is 0 Å². The van der Waals surface area contributed by atoms with E-state index < -0.39 is 6.10 Å². The van der Waals surface area contributed by atoms with Gasteiger partial charge in [-0.25, -0.2) is 0 Å². The Bertz CT molecular complexity index is 1170. The smallest absolute Gasteiger partial charge is 0.306 e. The molecule has 0 fully saturated rings. The van der Waals surface area contributed by atoms with Crippen LogP contribution in [0.15, 0.2) is 12.2 Å². The molecule has 0 saturated carbocycles. The SMILES string of the molecule is CCC/C=C\CCCCCCCC(=O)OCC(COC(=O)CCCCCCCCCCCCCCCCCCCCCCCCCCCCCC)OC(=O)CCCCCCCCCCCCCCCCCCCCC. The maximum atomic E-state index is 12.9. The monoisotopic (exact) mass is 1060 g/mol. The van der Waals surface area contributed by atoms with Crippen LogP contribution in [0, 0.1) is 0 Å². The van der Waals surface area contributed by atoms with Crippen molar-refractivity contribution in [3.8, 4) is 0 Å². The molecule has 0 aromatic heterocycles. The summed E-state index contributed by atoms with van der Waals surface area (Å²) in [5.41, 5.74) is 0. The molecule has 1 unspecified atom stereocenters. The van der Waals surface area contributed by atoms with Gasteiger partial charge in [0.05, 0.1) is 0 Å². The molecule has 0 aliphatic carbocycles.